The molecule has 9 heteroatoms. The number of benzene rings is 2. The van der Waals surface area contributed by atoms with E-state index in [9.17, 15) is 14.0 Å². The lowest BCUT2D eigenvalue weighted by Crippen LogP contribution is -2.60. The standard InChI is InChI=1S/C25H24ClFN2O3S2/c26-20-13-18(27)3-6-22(20)34-23-21(30)14-25(28-24(23)31,17-7-12-33-15-17)16-1-4-19(5-2-16)29-8-10-32-11-9-29/h1-7,12-13,17,23H,8-11,14-15H2,(H,28,31). The van der Waals surface area contributed by atoms with Crippen LogP contribution in [0.2, 0.25) is 5.02 Å². The van der Waals surface area contributed by atoms with Gasteiger partial charge in [0, 0.05) is 41.8 Å². The van der Waals surface area contributed by atoms with Gasteiger partial charge in [0.25, 0.3) is 0 Å². The third-order valence-corrected chi connectivity index (χ3v) is 9.19. The van der Waals surface area contributed by atoms with Crippen LogP contribution in [-0.4, -0.2) is 49.0 Å². The lowest BCUT2D eigenvalue weighted by molar-refractivity contribution is -0.134. The monoisotopic (exact) mass is 518 g/mol. The number of ether oxygens (including phenoxy) is 1. The van der Waals surface area contributed by atoms with Crippen LogP contribution in [0.1, 0.15) is 12.0 Å². The zero-order chi connectivity index (χ0) is 23.7. The first-order chi connectivity index (χ1) is 16.5. The largest absolute Gasteiger partial charge is 0.378 e. The minimum absolute atomic E-state index is 0.00000390. The van der Waals surface area contributed by atoms with E-state index in [4.69, 9.17) is 16.3 Å². The molecule has 2 aromatic carbocycles. The molecule has 0 bridgehead atoms. The van der Waals surface area contributed by atoms with Gasteiger partial charge in [-0.05, 0) is 41.3 Å². The van der Waals surface area contributed by atoms with Crippen molar-refractivity contribution in [3.8, 4) is 0 Å². The highest BCUT2D eigenvalue weighted by Gasteiger charge is 2.50. The zero-order valence-electron chi connectivity index (χ0n) is 18.3. The summed E-state index contributed by atoms with van der Waals surface area (Å²) in [4.78, 5) is 29.5. The molecule has 2 fully saturated rings. The lowest BCUT2D eigenvalue weighted by atomic mass is 9.72. The third kappa shape index (κ3) is 4.61. The molecule has 3 aliphatic rings. The molecule has 2 aromatic rings. The van der Waals surface area contributed by atoms with E-state index in [2.05, 4.69) is 28.4 Å². The number of nitrogens with zero attached hydrogens (tertiary/aromatic N) is 1. The van der Waals surface area contributed by atoms with E-state index in [1.807, 2.05) is 17.5 Å². The van der Waals surface area contributed by atoms with Crippen LogP contribution < -0.4 is 10.2 Å². The summed E-state index contributed by atoms with van der Waals surface area (Å²) in [6.45, 7) is 3.09. The first-order valence-corrected chi connectivity index (χ1v) is 13.4. The average molecular weight is 519 g/mol. The summed E-state index contributed by atoms with van der Waals surface area (Å²) in [6, 6.07) is 12.1. The predicted octanol–water partition coefficient (Wildman–Crippen LogP) is 4.64. The van der Waals surface area contributed by atoms with Crippen molar-refractivity contribution in [2.24, 2.45) is 5.92 Å². The van der Waals surface area contributed by atoms with Crippen molar-refractivity contribution >= 4 is 52.5 Å². The van der Waals surface area contributed by atoms with Gasteiger partial charge in [-0.15, -0.1) is 23.5 Å². The Balaban J connectivity index is 1.42. The number of thioether (sulfide) groups is 2. The molecular formula is C25H24ClFN2O3S2. The molecule has 5 nitrogen and oxygen atoms in total. The Bertz CT molecular complexity index is 1100. The van der Waals surface area contributed by atoms with Gasteiger partial charge >= 0.3 is 0 Å². The summed E-state index contributed by atoms with van der Waals surface area (Å²) in [5, 5.41) is 4.52. The smallest absolute Gasteiger partial charge is 0.241 e. The number of halogens is 2. The number of amides is 1. The first kappa shape index (κ1) is 23.7. The number of piperidine rings is 1. The lowest BCUT2D eigenvalue weighted by Gasteiger charge is -2.44. The van der Waals surface area contributed by atoms with Gasteiger partial charge in [0.1, 0.15) is 11.1 Å². The van der Waals surface area contributed by atoms with Gasteiger partial charge in [0.2, 0.25) is 5.91 Å². The van der Waals surface area contributed by atoms with Crippen LogP contribution >= 0.6 is 35.1 Å². The maximum Gasteiger partial charge on any atom is 0.241 e. The number of ketones is 1. The highest BCUT2D eigenvalue weighted by molar-refractivity contribution is 8.02. The molecule has 5 rings (SSSR count). The predicted molar refractivity (Wildman–Crippen MR) is 135 cm³/mol. The quantitative estimate of drug-likeness (QED) is 0.582. The summed E-state index contributed by atoms with van der Waals surface area (Å²) in [5.41, 5.74) is 1.22. The molecule has 3 heterocycles. The van der Waals surface area contributed by atoms with E-state index in [-0.39, 0.29) is 29.1 Å². The van der Waals surface area contributed by atoms with Crippen LogP contribution in [-0.2, 0) is 19.9 Å². The van der Waals surface area contributed by atoms with Gasteiger partial charge in [0.15, 0.2) is 5.78 Å². The highest BCUT2D eigenvalue weighted by Crippen LogP contribution is 2.45. The molecule has 0 aliphatic carbocycles. The molecule has 0 aromatic heterocycles. The number of anilines is 1. The van der Waals surface area contributed by atoms with Crippen molar-refractivity contribution in [2.45, 2.75) is 22.1 Å². The molecule has 2 saturated heterocycles. The number of hydrogen-bond donors (Lipinski definition) is 1. The second-order valence-electron chi connectivity index (χ2n) is 8.59. The first-order valence-electron chi connectivity index (χ1n) is 11.1. The van der Waals surface area contributed by atoms with Crippen molar-refractivity contribution in [1.29, 1.82) is 0 Å². The summed E-state index contributed by atoms with van der Waals surface area (Å²) in [5.74, 6) is -0.167. The van der Waals surface area contributed by atoms with E-state index in [0.717, 1.165) is 41.9 Å². The fourth-order valence-corrected chi connectivity index (χ4v) is 7.00. The summed E-state index contributed by atoms with van der Waals surface area (Å²) < 4.78 is 18.9. The number of carbonyl (C=O) groups is 2. The Morgan fingerprint density at radius 1 is 1.15 bits per heavy atom. The molecule has 3 atom stereocenters. The van der Waals surface area contributed by atoms with Gasteiger partial charge in [0.05, 0.1) is 23.8 Å². The number of morpholine rings is 1. The maximum atomic E-state index is 13.4. The molecule has 1 N–H and O–H groups in total. The Morgan fingerprint density at radius 2 is 1.91 bits per heavy atom. The molecule has 178 valence electrons. The van der Waals surface area contributed by atoms with Gasteiger partial charge in [-0.25, -0.2) is 4.39 Å². The maximum absolute atomic E-state index is 13.4. The number of hydrogen-bond acceptors (Lipinski definition) is 6. The van der Waals surface area contributed by atoms with Gasteiger partial charge in [-0.1, -0.05) is 29.8 Å². The summed E-state index contributed by atoms with van der Waals surface area (Å²) >= 11 is 8.91. The van der Waals surface area contributed by atoms with Crippen LogP contribution in [0.15, 0.2) is 58.8 Å². The fourth-order valence-electron chi connectivity index (χ4n) is 4.74. The minimum atomic E-state index is -0.929. The number of carbonyl (C=O) groups excluding carboxylic acids is 2. The third-order valence-electron chi connectivity index (χ3n) is 6.54. The Morgan fingerprint density at radius 3 is 2.56 bits per heavy atom. The SMILES string of the molecule is O=C1CC(c2ccc(N3CCOCC3)cc2)(C2C=CSC2)NC(=O)C1Sc1ccc(F)cc1Cl. The topological polar surface area (TPSA) is 58.6 Å². The molecule has 1 amide bonds. The van der Waals surface area contributed by atoms with Crippen molar-refractivity contribution in [3.63, 3.8) is 0 Å². The van der Waals surface area contributed by atoms with E-state index in [0.29, 0.717) is 18.1 Å². The molecule has 0 spiro atoms. The number of Topliss-reactive ketones (excluding diaryl/α,β-unsaturated/α-hetero) is 1. The fraction of sp³-hybridized carbons (Fsp3) is 0.360. The van der Waals surface area contributed by atoms with Crippen molar-refractivity contribution < 1.29 is 18.7 Å². The van der Waals surface area contributed by atoms with Gasteiger partial charge in [-0.2, -0.15) is 0 Å². The second kappa shape index (κ2) is 9.93. The van der Waals surface area contributed by atoms with E-state index < -0.39 is 16.6 Å². The van der Waals surface area contributed by atoms with Crippen molar-refractivity contribution in [3.05, 3.63) is 70.4 Å². The Hall–Kier alpha value is -2.00. The average Bonchev–Trinajstić information content (AvgIpc) is 3.39. The molecule has 0 saturated carbocycles. The van der Waals surface area contributed by atoms with E-state index in [1.54, 1.807) is 11.8 Å². The van der Waals surface area contributed by atoms with E-state index >= 15 is 0 Å². The van der Waals surface area contributed by atoms with Crippen LogP contribution in [0.4, 0.5) is 10.1 Å². The molecule has 0 radical (unpaired) electrons. The molecule has 3 aliphatic heterocycles. The minimum Gasteiger partial charge on any atom is -0.378 e. The van der Waals surface area contributed by atoms with Crippen molar-refractivity contribution in [1.82, 2.24) is 5.32 Å². The number of rotatable bonds is 5. The van der Waals surface area contributed by atoms with E-state index in [1.165, 1.54) is 18.2 Å². The van der Waals surface area contributed by atoms with Crippen LogP contribution in [0.5, 0.6) is 0 Å². The molecule has 3 unspecified atom stereocenters. The molecule has 34 heavy (non-hydrogen) atoms. The van der Waals surface area contributed by atoms with Gasteiger partial charge in [-0.3, -0.25) is 9.59 Å². The van der Waals surface area contributed by atoms with Crippen molar-refractivity contribution in [2.75, 3.05) is 37.0 Å². The second-order valence-corrected chi connectivity index (χ2v) is 11.1. The molecular weight excluding hydrogens is 495 g/mol. The Kier molecular flexibility index (Phi) is 6.93. The van der Waals surface area contributed by atoms with Crippen LogP contribution in [0.25, 0.3) is 0 Å². The summed E-state index contributed by atoms with van der Waals surface area (Å²) in [6.07, 6.45) is 2.26. The highest BCUT2D eigenvalue weighted by atomic mass is 35.5. The van der Waals surface area contributed by atoms with Gasteiger partial charge < -0.3 is 15.0 Å². The normalized spacial score (nSPS) is 27.2. The zero-order valence-corrected chi connectivity index (χ0v) is 20.7. The van der Waals surface area contributed by atoms with Crippen LogP contribution in [0.3, 0.4) is 0 Å². The van der Waals surface area contributed by atoms with Crippen LogP contribution in [0, 0.1) is 11.7 Å². The Labute approximate surface area is 211 Å². The number of nitrogens with one attached hydrogen (secondary N) is 1. The summed E-state index contributed by atoms with van der Waals surface area (Å²) in [7, 11) is 0.